The van der Waals surface area contributed by atoms with Crippen LogP contribution in [0.1, 0.15) is 58.6 Å². The lowest BCUT2D eigenvalue weighted by molar-refractivity contribution is 0.194. The second-order valence-corrected chi connectivity index (χ2v) is 5.15. The second kappa shape index (κ2) is 7.49. The van der Waals surface area contributed by atoms with Gasteiger partial charge in [0.25, 0.3) is 0 Å². The van der Waals surface area contributed by atoms with Gasteiger partial charge in [0.15, 0.2) is 0 Å². The van der Waals surface area contributed by atoms with Crippen LogP contribution in [0.25, 0.3) is 0 Å². The van der Waals surface area contributed by atoms with Crippen LogP contribution in [0.2, 0.25) is 0 Å². The first-order chi connectivity index (χ1) is 9.02. The van der Waals surface area contributed by atoms with E-state index in [1.165, 1.54) is 6.07 Å². The Morgan fingerprint density at radius 1 is 1.26 bits per heavy atom. The van der Waals surface area contributed by atoms with E-state index in [0.29, 0.717) is 11.6 Å². The van der Waals surface area contributed by atoms with Gasteiger partial charge in [-0.1, -0.05) is 26.3 Å². The number of unbranched alkanes of at least 4 members (excludes halogenated alkanes) is 1. The molecule has 0 aromatic heterocycles. The van der Waals surface area contributed by atoms with Crippen molar-refractivity contribution in [3.63, 3.8) is 0 Å². The zero-order valence-corrected chi connectivity index (χ0v) is 12.5. The van der Waals surface area contributed by atoms with Gasteiger partial charge in [-0.25, -0.2) is 4.39 Å². The van der Waals surface area contributed by atoms with E-state index in [2.05, 4.69) is 25.7 Å². The molecule has 19 heavy (non-hydrogen) atoms. The lowest BCUT2D eigenvalue weighted by Gasteiger charge is -2.33. The fourth-order valence-electron chi connectivity index (χ4n) is 2.32. The lowest BCUT2D eigenvalue weighted by Crippen LogP contribution is -2.34. The highest BCUT2D eigenvalue weighted by atomic mass is 19.1. The summed E-state index contributed by atoms with van der Waals surface area (Å²) in [6.45, 7) is 8.94. The fraction of sp³-hybridized carbons (Fsp3) is 0.625. The maximum atomic E-state index is 14.0. The number of nitrogens with zero attached hydrogens (tertiary/aromatic N) is 1. The predicted octanol–water partition coefficient (Wildman–Crippen LogP) is 4.28. The highest BCUT2D eigenvalue weighted by Crippen LogP contribution is 2.31. The molecule has 3 heteroatoms. The molecule has 2 atom stereocenters. The SMILES string of the molecule is CCCCN(c1cccc(F)c1C(C)O)C(C)CC. The standard InChI is InChI=1S/C16H26FNO/c1-5-7-11-18(12(3)6-2)15-10-8-9-14(17)16(15)13(4)19/h8-10,12-13,19H,5-7,11H2,1-4H3. The number of anilines is 1. The van der Waals surface area contributed by atoms with E-state index in [-0.39, 0.29) is 5.82 Å². The van der Waals surface area contributed by atoms with E-state index >= 15 is 0 Å². The Hall–Kier alpha value is -1.09. The van der Waals surface area contributed by atoms with Crippen molar-refractivity contribution in [1.29, 1.82) is 0 Å². The van der Waals surface area contributed by atoms with Gasteiger partial charge in [0.05, 0.1) is 6.10 Å². The first-order valence-electron chi connectivity index (χ1n) is 7.26. The molecule has 0 amide bonds. The normalized spacial score (nSPS) is 14.2. The van der Waals surface area contributed by atoms with Crippen LogP contribution in [0.4, 0.5) is 10.1 Å². The molecule has 0 saturated heterocycles. The third kappa shape index (κ3) is 3.93. The predicted molar refractivity (Wildman–Crippen MR) is 79.0 cm³/mol. The average Bonchev–Trinajstić information content (AvgIpc) is 2.38. The fourth-order valence-corrected chi connectivity index (χ4v) is 2.32. The molecule has 0 fully saturated rings. The highest BCUT2D eigenvalue weighted by molar-refractivity contribution is 5.55. The monoisotopic (exact) mass is 267 g/mol. The molecule has 0 saturated carbocycles. The maximum absolute atomic E-state index is 14.0. The summed E-state index contributed by atoms with van der Waals surface area (Å²) in [4.78, 5) is 2.22. The first-order valence-corrected chi connectivity index (χ1v) is 7.26. The van der Waals surface area contributed by atoms with Crippen LogP contribution < -0.4 is 4.90 Å². The molecular formula is C16H26FNO. The molecule has 1 N–H and O–H groups in total. The van der Waals surface area contributed by atoms with Crippen molar-refractivity contribution in [2.45, 2.75) is 59.1 Å². The molecule has 1 aromatic carbocycles. The molecule has 0 spiro atoms. The van der Waals surface area contributed by atoms with Crippen LogP contribution in [-0.2, 0) is 0 Å². The van der Waals surface area contributed by atoms with Crippen molar-refractivity contribution < 1.29 is 9.50 Å². The number of aliphatic hydroxyl groups excluding tert-OH is 1. The molecule has 0 heterocycles. The van der Waals surface area contributed by atoms with E-state index in [0.717, 1.165) is 31.5 Å². The van der Waals surface area contributed by atoms with Gasteiger partial charge in [0, 0.05) is 23.8 Å². The Labute approximate surface area is 116 Å². The molecule has 0 aliphatic carbocycles. The molecule has 0 bridgehead atoms. The Balaban J connectivity index is 3.17. The summed E-state index contributed by atoms with van der Waals surface area (Å²) in [6, 6.07) is 5.39. The zero-order valence-electron chi connectivity index (χ0n) is 12.5. The van der Waals surface area contributed by atoms with Gasteiger partial charge >= 0.3 is 0 Å². The highest BCUT2D eigenvalue weighted by Gasteiger charge is 2.20. The van der Waals surface area contributed by atoms with Crippen LogP contribution >= 0.6 is 0 Å². The maximum Gasteiger partial charge on any atom is 0.131 e. The van der Waals surface area contributed by atoms with E-state index in [4.69, 9.17) is 0 Å². The first kappa shape index (κ1) is 16.0. The topological polar surface area (TPSA) is 23.5 Å². The minimum absolute atomic E-state index is 0.322. The molecule has 2 unspecified atom stereocenters. The van der Waals surface area contributed by atoms with Crippen LogP contribution in [0, 0.1) is 5.82 Å². The van der Waals surface area contributed by atoms with Crippen molar-refractivity contribution in [3.8, 4) is 0 Å². The molecule has 108 valence electrons. The molecule has 0 aliphatic heterocycles. The van der Waals surface area contributed by atoms with E-state index in [1.54, 1.807) is 13.0 Å². The van der Waals surface area contributed by atoms with Crippen molar-refractivity contribution >= 4 is 5.69 Å². The van der Waals surface area contributed by atoms with Gasteiger partial charge in [-0.05, 0) is 38.8 Å². The quantitative estimate of drug-likeness (QED) is 0.797. The Morgan fingerprint density at radius 2 is 1.95 bits per heavy atom. The molecule has 0 aliphatic rings. The van der Waals surface area contributed by atoms with Crippen LogP contribution in [0.3, 0.4) is 0 Å². The summed E-state index contributed by atoms with van der Waals surface area (Å²) in [6.07, 6.45) is 2.38. The van der Waals surface area contributed by atoms with Crippen LogP contribution in [-0.4, -0.2) is 17.7 Å². The summed E-state index contributed by atoms with van der Waals surface area (Å²) in [5.74, 6) is -0.322. The minimum Gasteiger partial charge on any atom is -0.389 e. The van der Waals surface area contributed by atoms with Crippen molar-refractivity contribution in [2.24, 2.45) is 0 Å². The van der Waals surface area contributed by atoms with Gasteiger partial charge in [-0.15, -0.1) is 0 Å². The van der Waals surface area contributed by atoms with Gasteiger partial charge in [0.2, 0.25) is 0 Å². The van der Waals surface area contributed by atoms with E-state index in [9.17, 15) is 9.50 Å². The number of halogens is 1. The summed E-state index contributed by atoms with van der Waals surface area (Å²) < 4.78 is 14.0. The smallest absolute Gasteiger partial charge is 0.131 e. The van der Waals surface area contributed by atoms with Crippen molar-refractivity contribution in [1.82, 2.24) is 0 Å². The molecule has 0 radical (unpaired) electrons. The van der Waals surface area contributed by atoms with Crippen molar-refractivity contribution in [2.75, 3.05) is 11.4 Å². The van der Waals surface area contributed by atoms with Gasteiger partial charge in [0.1, 0.15) is 5.82 Å². The molecule has 1 aromatic rings. The van der Waals surface area contributed by atoms with Gasteiger partial charge in [-0.2, -0.15) is 0 Å². The van der Waals surface area contributed by atoms with Crippen LogP contribution in [0.5, 0.6) is 0 Å². The summed E-state index contributed by atoms with van der Waals surface area (Å²) >= 11 is 0. The van der Waals surface area contributed by atoms with E-state index in [1.807, 2.05) is 6.07 Å². The molecule has 2 nitrogen and oxygen atoms in total. The summed E-state index contributed by atoms with van der Waals surface area (Å²) in [5.41, 5.74) is 1.25. The second-order valence-electron chi connectivity index (χ2n) is 5.15. The molecular weight excluding hydrogens is 241 g/mol. The van der Waals surface area contributed by atoms with Crippen LogP contribution in [0.15, 0.2) is 18.2 Å². The van der Waals surface area contributed by atoms with Crippen molar-refractivity contribution in [3.05, 3.63) is 29.6 Å². The third-order valence-corrected chi connectivity index (χ3v) is 3.63. The number of aliphatic hydroxyl groups is 1. The average molecular weight is 267 g/mol. The number of hydrogen-bond acceptors (Lipinski definition) is 2. The Morgan fingerprint density at radius 3 is 2.47 bits per heavy atom. The van der Waals surface area contributed by atoms with Gasteiger partial charge < -0.3 is 10.0 Å². The van der Waals surface area contributed by atoms with Gasteiger partial charge in [-0.3, -0.25) is 0 Å². The number of benzene rings is 1. The number of rotatable bonds is 7. The Kier molecular flexibility index (Phi) is 6.29. The Bertz CT molecular complexity index is 392. The zero-order chi connectivity index (χ0) is 14.4. The minimum atomic E-state index is -0.788. The number of hydrogen-bond donors (Lipinski definition) is 1. The lowest BCUT2D eigenvalue weighted by atomic mass is 10.0. The molecule has 1 rings (SSSR count). The summed E-state index contributed by atoms with van der Waals surface area (Å²) in [5, 5.41) is 9.85. The largest absolute Gasteiger partial charge is 0.389 e. The third-order valence-electron chi connectivity index (χ3n) is 3.63. The van der Waals surface area contributed by atoms with E-state index < -0.39 is 6.10 Å². The summed E-state index contributed by atoms with van der Waals surface area (Å²) in [7, 11) is 0.